The first kappa shape index (κ1) is 32.8. The van der Waals surface area contributed by atoms with Crippen LogP contribution in [0.2, 0.25) is 0 Å². The third-order valence-electron chi connectivity index (χ3n) is 12.5. The molecular weight excluding hydrogens is 655 g/mol. The van der Waals surface area contributed by atoms with Gasteiger partial charge in [0.25, 0.3) is 0 Å². The van der Waals surface area contributed by atoms with E-state index < -0.39 is 0 Å². The average Bonchev–Trinajstić information content (AvgIpc) is 3.75. The molecule has 0 saturated carbocycles. The Balaban J connectivity index is 1.19. The van der Waals surface area contributed by atoms with Gasteiger partial charge in [-0.1, -0.05) is 152 Å². The molecule has 2 aliphatic rings. The minimum Gasteiger partial charge on any atom is -0.456 e. The van der Waals surface area contributed by atoms with E-state index in [-0.39, 0.29) is 16.2 Å². The Labute approximate surface area is 318 Å². The molecule has 0 spiro atoms. The second kappa shape index (κ2) is 11.3. The van der Waals surface area contributed by atoms with E-state index in [2.05, 4.69) is 199 Å². The van der Waals surface area contributed by atoms with Crippen LogP contribution < -0.4 is 4.90 Å². The van der Waals surface area contributed by atoms with Crippen molar-refractivity contribution in [1.29, 1.82) is 0 Å². The van der Waals surface area contributed by atoms with Crippen molar-refractivity contribution in [3.63, 3.8) is 0 Å². The lowest BCUT2D eigenvalue weighted by Gasteiger charge is -2.30. The fourth-order valence-corrected chi connectivity index (χ4v) is 9.51. The van der Waals surface area contributed by atoms with Gasteiger partial charge in [-0.2, -0.15) is 0 Å². The van der Waals surface area contributed by atoms with Crippen molar-refractivity contribution in [2.24, 2.45) is 0 Å². The van der Waals surface area contributed by atoms with Crippen molar-refractivity contribution in [1.82, 2.24) is 0 Å². The molecule has 2 heteroatoms. The van der Waals surface area contributed by atoms with Gasteiger partial charge in [0, 0.05) is 27.6 Å². The summed E-state index contributed by atoms with van der Waals surface area (Å²) >= 11 is 0. The lowest BCUT2D eigenvalue weighted by molar-refractivity contribution is 0.590. The molecule has 2 aliphatic carbocycles. The van der Waals surface area contributed by atoms with Crippen LogP contribution in [0, 0.1) is 0 Å². The minimum atomic E-state index is -0.191. The summed E-state index contributed by atoms with van der Waals surface area (Å²) in [6, 6.07) is 54.1. The Bertz CT molecular complexity index is 2800. The minimum absolute atomic E-state index is 0.111. The molecule has 10 rings (SSSR count). The number of hydrogen-bond donors (Lipinski definition) is 0. The SMILES string of the molecule is CC(C)(C)c1ccc(-c2cccc3c2-c2ccc(N(c4ccc5c(c4)C(C)(C)c4ccccc4-5)c4cccc5oc6ccccc6c45)cc2C3(C)C)cc1. The highest BCUT2D eigenvalue weighted by Gasteiger charge is 2.39. The van der Waals surface area contributed by atoms with E-state index in [1.54, 1.807) is 0 Å². The predicted molar refractivity (Wildman–Crippen MR) is 228 cm³/mol. The number of furan rings is 1. The van der Waals surface area contributed by atoms with Gasteiger partial charge in [-0.3, -0.25) is 0 Å². The molecule has 1 heterocycles. The van der Waals surface area contributed by atoms with Crippen molar-refractivity contribution in [3.8, 4) is 33.4 Å². The van der Waals surface area contributed by atoms with Gasteiger partial charge in [0.05, 0.1) is 11.1 Å². The van der Waals surface area contributed by atoms with Crippen molar-refractivity contribution in [2.75, 3.05) is 4.90 Å². The van der Waals surface area contributed by atoms with Crippen LogP contribution in [0.5, 0.6) is 0 Å². The Morgan fingerprint density at radius 1 is 0.481 bits per heavy atom. The normalized spacial score (nSPS) is 14.9. The molecule has 1 aromatic heterocycles. The number of fused-ring (bicyclic) bond motifs is 9. The first-order valence-electron chi connectivity index (χ1n) is 19.3. The summed E-state index contributed by atoms with van der Waals surface area (Å²) in [5.41, 5.74) is 19.6. The smallest absolute Gasteiger partial charge is 0.137 e. The van der Waals surface area contributed by atoms with E-state index in [1.807, 2.05) is 0 Å². The Kier molecular flexibility index (Phi) is 6.87. The number of rotatable bonds is 4. The maximum absolute atomic E-state index is 6.47. The van der Waals surface area contributed by atoms with Gasteiger partial charge >= 0.3 is 0 Å². The quantitative estimate of drug-likeness (QED) is 0.182. The van der Waals surface area contributed by atoms with Gasteiger partial charge in [-0.25, -0.2) is 0 Å². The zero-order chi connectivity index (χ0) is 37.1. The van der Waals surface area contributed by atoms with Gasteiger partial charge in [0.2, 0.25) is 0 Å². The molecule has 54 heavy (non-hydrogen) atoms. The fraction of sp³-hybridized carbons (Fsp3) is 0.192. The number of anilines is 3. The summed E-state index contributed by atoms with van der Waals surface area (Å²) in [6.07, 6.45) is 0. The monoisotopic (exact) mass is 699 g/mol. The van der Waals surface area contributed by atoms with Gasteiger partial charge in [0.15, 0.2) is 0 Å². The van der Waals surface area contributed by atoms with E-state index >= 15 is 0 Å². The largest absolute Gasteiger partial charge is 0.456 e. The highest BCUT2D eigenvalue weighted by molar-refractivity contribution is 6.13. The molecule has 8 aromatic rings. The lowest BCUT2D eigenvalue weighted by Crippen LogP contribution is -2.18. The summed E-state index contributed by atoms with van der Waals surface area (Å²) in [6.45, 7) is 16.3. The molecule has 0 N–H and O–H groups in total. The number of benzene rings is 7. The molecule has 0 bridgehead atoms. The van der Waals surface area contributed by atoms with E-state index in [0.29, 0.717) is 0 Å². The van der Waals surface area contributed by atoms with E-state index in [4.69, 9.17) is 4.42 Å². The Morgan fingerprint density at radius 3 is 1.81 bits per heavy atom. The maximum Gasteiger partial charge on any atom is 0.137 e. The van der Waals surface area contributed by atoms with Crippen LogP contribution in [0.3, 0.4) is 0 Å². The summed E-state index contributed by atoms with van der Waals surface area (Å²) in [7, 11) is 0. The van der Waals surface area contributed by atoms with Gasteiger partial charge in [-0.05, 0) is 109 Å². The highest BCUT2D eigenvalue weighted by atomic mass is 16.3. The molecule has 7 aromatic carbocycles. The second-order valence-electron chi connectivity index (χ2n) is 17.4. The van der Waals surface area contributed by atoms with Crippen LogP contribution in [-0.2, 0) is 16.2 Å². The average molecular weight is 700 g/mol. The van der Waals surface area contributed by atoms with E-state index in [9.17, 15) is 0 Å². The molecule has 2 nitrogen and oxygen atoms in total. The van der Waals surface area contributed by atoms with Crippen molar-refractivity contribution in [3.05, 3.63) is 173 Å². The molecule has 0 atom stereocenters. The first-order valence-corrected chi connectivity index (χ1v) is 19.3. The second-order valence-corrected chi connectivity index (χ2v) is 17.4. The summed E-state index contributed by atoms with van der Waals surface area (Å²) < 4.78 is 6.47. The van der Waals surface area contributed by atoms with Crippen LogP contribution in [0.15, 0.2) is 150 Å². The standard InChI is InChI=1S/C52H45NO/c1-50(2,3)33-24-22-32(23-25-33)36-16-12-18-42-48(36)39-29-27-35(31-44(39)52(42,6)7)53(45-19-13-21-47-49(45)40-15-9-11-20-46(40)54-47)34-26-28-38-37-14-8-10-17-41(37)51(4,5)43(38)30-34/h8-31H,1-7H3. The number of para-hydroxylation sites is 1. The van der Waals surface area contributed by atoms with Crippen LogP contribution in [0.4, 0.5) is 17.1 Å². The highest BCUT2D eigenvalue weighted by Crippen LogP contribution is 2.55. The summed E-state index contributed by atoms with van der Waals surface area (Å²) in [4.78, 5) is 2.47. The third kappa shape index (κ3) is 4.65. The van der Waals surface area contributed by atoms with Crippen LogP contribution in [0.25, 0.3) is 55.3 Å². The summed E-state index contributed by atoms with van der Waals surface area (Å²) in [5.74, 6) is 0. The Morgan fingerprint density at radius 2 is 1.06 bits per heavy atom. The van der Waals surface area contributed by atoms with Crippen molar-refractivity contribution >= 4 is 39.0 Å². The van der Waals surface area contributed by atoms with Crippen LogP contribution >= 0.6 is 0 Å². The third-order valence-corrected chi connectivity index (χ3v) is 12.5. The lowest BCUT2D eigenvalue weighted by atomic mass is 9.81. The molecule has 0 aliphatic heterocycles. The van der Waals surface area contributed by atoms with Crippen LogP contribution in [0.1, 0.15) is 76.3 Å². The zero-order valence-electron chi connectivity index (χ0n) is 32.2. The van der Waals surface area contributed by atoms with Gasteiger partial charge in [0.1, 0.15) is 11.2 Å². The number of nitrogens with zero attached hydrogens (tertiary/aromatic N) is 1. The van der Waals surface area contributed by atoms with Gasteiger partial charge in [-0.15, -0.1) is 0 Å². The topological polar surface area (TPSA) is 16.4 Å². The number of hydrogen-bond acceptors (Lipinski definition) is 2. The molecule has 264 valence electrons. The molecule has 0 amide bonds. The fourth-order valence-electron chi connectivity index (χ4n) is 9.51. The van der Waals surface area contributed by atoms with E-state index in [1.165, 1.54) is 61.2 Å². The first-order chi connectivity index (χ1) is 25.9. The maximum atomic E-state index is 6.47. The molecule has 0 radical (unpaired) electrons. The van der Waals surface area contributed by atoms with E-state index in [0.717, 1.165) is 39.0 Å². The van der Waals surface area contributed by atoms with Crippen molar-refractivity contribution < 1.29 is 4.42 Å². The van der Waals surface area contributed by atoms with Gasteiger partial charge < -0.3 is 9.32 Å². The predicted octanol–water partition coefficient (Wildman–Crippen LogP) is 14.6. The molecular formula is C52H45NO. The molecule has 0 fully saturated rings. The summed E-state index contributed by atoms with van der Waals surface area (Å²) in [5, 5.41) is 2.25. The van der Waals surface area contributed by atoms with Crippen LogP contribution in [-0.4, -0.2) is 0 Å². The van der Waals surface area contributed by atoms with Crippen molar-refractivity contribution in [2.45, 2.75) is 64.7 Å². The zero-order valence-corrected chi connectivity index (χ0v) is 32.2. The Hall–Kier alpha value is -5.86. The molecule has 0 saturated heterocycles. The molecule has 0 unspecified atom stereocenters.